The van der Waals surface area contributed by atoms with E-state index in [0.717, 1.165) is 11.1 Å². The molecule has 0 saturated heterocycles. The van der Waals surface area contributed by atoms with Gasteiger partial charge in [-0.3, -0.25) is 0 Å². The molecule has 0 amide bonds. The lowest BCUT2D eigenvalue weighted by Gasteiger charge is -2.18. The summed E-state index contributed by atoms with van der Waals surface area (Å²) in [7, 11) is 0. The quantitative estimate of drug-likeness (QED) is 0.706. The van der Waals surface area contributed by atoms with Gasteiger partial charge in [0.25, 0.3) is 0 Å². The normalized spacial score (nSPS) is 13.5. The fraction of sp³-hybridized carbons (Fsp3) is 0.429. The topological polar surface area (TPSA) is 20.2 Å². The number of aliphatic hydroxyl groups excluding tert-OH is 1. The summed E-state index contributed by atoms with van der Waals surface area (Å²) in [6, 6.07) is 0. The van der Waals surface area contributed by atoms with Crippen LogP contribution in [0.3, 0.4) is 0 Å². The van der Waals surface area contributed by atoms with Crippen molar-refractivity contribution in [3.8, 4) is 11.1 Å². The van der Waals surface area contributed by atoms with Crippen molar-refractivity contribution in [1.29, 1.82) is 0 Å². The molecule has 1 nitrogen and oxygen atoms in total. The van der Waals surface area contributed by atoms with Crippen LogP contribution in [0.4, 0.5) is 0 Å². The summed E-state index contributed by atoms with van der Waals surface area (Å²) < 4.78 is 0. The molecule has 0 bridgehead atoms. The third-order valence-corrected chi connectivity index (χ3v) is 6.27. The minimum absolute atomic E-state index is 0.485. The van der Waals surface area contributed by atoms with Crippen LogP contribution in [0.2, 0.25) is 0 Å². The van der Waals surface area contributed by atoms with Crippen LogP contribution in [0.1, 0.15) is 61.7 Å². The Morgan fingerprint density at radius 2 is 0.727 bits per heavy atom. The van der Waals surface area contributed by atoms with E-state index in [9.17, 15) is 5.11 Å². The van der Waals surface area contributed by atoms with Crippen LogP contribution in [-0.4, -0.2) is 5.11 Å². The number of rotatable bonds is 0. The maximum atomic E-state index is 11.1. The Hall–Kier alpha value is -1.60. The van der Waals surface area contributed by atoms with Gasteiger partial charge in [0.1, 0.15) is 6.10 Å². The summed E-state index contributed by atoms with van der Waals surface area (Å²) in [6.45, 7) is 17.4. The predicted molar refractivity (Wildman–Crippen MR) is 93.8 cm³/mol. The van der Waals surface area contributed by atoms with Crippen LogP contribution < -0.4 is 0 Å². The maximum Gasteiger partial charge on any atom is 0.106 e. The van der Waals surface area contributed by atoms with Gasteiger partial charge in [-0.15, -0.1) is 0 Å². The molecular weight excluding hydrogens is 268 g/mol. The van der Waals surface area contributed by atoms with Crippen LogP contribution >= 0.6 is 0 Å². The highest BCUT2D eigenvalue weighted by Crippen LogP contribution is 2.52. The van der Waals surface area contributed by atoms with Crippen LogP contribution in [-0.2, 0) is 0 Å². The number of aliphatic hydroxyl groups is 1. The van der Waals surface area contributed by atoms with E-state index in [-0.39, 0.29) is 0 Å². The average Bonchev–Trinajstić information content (AvgIpc) is 2.80. The molecule has 0 heterocycles. The molecule has 0 aromatic heterocycles. The summed E-state index contributed by atoms with van der Waals surface area (Å²) in [5.74, 6) is 0. The van der Waals surface area contributed by atoms with Gasteiger partial charge in [0, 0.05) is 0 Å². The van der Waals surface area contributed by atoms with Gasteiger partial charge in [-0.2, -0.15) is 0 Å². The molecule has 22 heavy (non-hydrogen) atoms. The van der Waals surface area contributed by atoms with Crippen molar-refractivity contribution in [2.75, 3.05) is 0 Å². The Morgan fingerprint density at radius 3 is 1.05 bits per heavy atom. The zero-order valence-electron chi connectivity index (χ0n) is 15.0. The molecule has 0 radical (unpaired) electrons. The number of hydrogen-bond acceptors (Lipinski definition) is 1. The third kappa shape index (κ3) is 1.63. The molecule has 1 aliphatic rings. The maximum absolute atomic E-state index is 11.1. The first-order chi connectivity index (χ1) is 10.2. The standard InChI is InChI=1S/C21H26O/c1-9-11(3)15(7)19-17(13(9)5)18-14(6)10(2)12(4)16(8)20(18)21(19)22/h21-22H,1-8H3. The lowest BCUT2D eigenvalue weighted by Crippen LogP contribution is -2.03. The van der Waals surface area contributed by atoms with Crippen LogP contribution in [0.25, 0.3) is 11.1 Å². The Bertz CT molecular complexity index is 756. The second-order valence-corrected chi connectivity index (χ2v) is 6.98. The summed E-state index contributed by atoms with van der Waals surface area (Å²) in [4.78, 5) is 0. The number of hydrogen-bond donors (Lipinski definition) is 1. The zero-order valence-corrected chi connectivity index (χ0v) is 15.0. The van der Waals surface area contributed by atoms with E-state index in [0.29, 0.717) is 0 Å². The molecule has 2 aromatic carbocycles. The highest BCUT2D eigenvalue weighted by molar-refractivity contribution is 5.87. The van der Waals surface area contributed by atoms with Gasteiger partial charge in [-0.05, 0) is 122 Å². The minimum atomic E-state index is -0.485. The fourth-order valence-corrected chi connectivity index (χ4v) is 4.16. The van der Waals surface area contributed by atoms with Crippen molar-refractivity contribution < 1.29 is 5.11 Å². The van der Waals surface area contributed by atoms with E-state index < -0.39 is 6.10 Å². The first kappa shape index (κ1) is 15.3. The van der Waals surface area contributed by atoms with E-state index in [1.54, 1.807) is 0 Å². The highest BCUT2D eigenvalue weighted by atomic mass is 16.3. The first-order valence-corrected chi connectivity index (χ1v) is 8.09. The Morgan fingerprint density at radius 1 is 0.455 bits per heavy atom. The van der Waals surface area contributed by atoms with Gasteiger partial charge in [0.05, 0.1) is 0 Å². The van der Waals surface area contributed by atoms with E-state index >= 15 is 0 Å². The molecule has 1 aliphatic carbocycles. The molecule has 0 unspecified atom stereocenters. The second-order valence-electron chi connectivity index (χ2n) is 6.98. The van der Waals surface area contributed by atoms with Crippen LogP contribution in [0.15, 0.2) is 0 Å². The molecule has 116 valence electrons. The summed E-state index contributed by atoms with van der Waals surface area (Å²) >= 11 is 0. The number of benzene rings is 2. The van der Waals surface area contributed by atoms with Gasteiger partial charge in [0.15, 0.2) is 0 Å². The van der Waals surface area contributed by atoms with E-state index in [1.807, 2.05) is 0 Å². The molecule has 0 aliphatic heterocycles. The van der Waals surface area contributed by atoms with Crippen molar-refractivity contribution >= 4 is 0 Å². The van der Waals surface area contributed by atoms with Crippen molar-refractivity contribution in [3.63, 3.8) is 0 Å². The Kier molecular flexibility index (Phi) is 3.27. The monoisotopic (exact) mass is 294 g/mol. The van der Waals surface area contributed by atoms with Crippen molar-refractivity contribution in [1.82, 2.24) is 0 Å². The molecular formula is C21H26O. The van der Waals surface area contributed by atoms with Gasteiger partial charge in [-0.1, -0.05) is 0 Å². The van der Waals surface area contributed by atoms with Crippen molar-refractivity contribution in [2.45, 2.75) is 61.5 Å². The van der Waals surface area contributed by atoms with Gasteiger partial charge >= 0.3 is 0 Å². The molecule has 2 aromatic rings. The second kappa shape index (κ2) is 4.70. The highest BCUT2D eigenvalue weighted by Gasteiger charge is 2.35. The molecule has 0 spiro atoms. The van der Waals surface area contributed by atoms with Crippen LogP contribution in [0, 0.1) is 55.4 Å². The first-order valence-electron chi connectivity index (χ1n) is 8.09. The minimum Gasteiger partial charge on any atom is -0.384 e. The largest absolute Gasteiger partial charge is 0.384 e. The molecule has 1 heteroatoms. The van der Waals surface area contributed by atoms with E-state index in [4.69, 9.17) is 0 Å². The van der Waals surface area contributed by atoms with E-state index in [1.165, 1.54) is 55.6 Å². The molecule has 0 fully saturated rings. The van der Waals surface area contributed by atoms with Crippen molar-refractivity contribution in [3.05, 3.63) is 55.6 Å². The predicted octanol–water partition coefficient (Wildman–Crippen LogP) is 5.22. The fourth-order valence-electron chi connectivity index (χ4n) is 4.16. The van der Waals surface area contributed by atoms with Gasteiger partial charge in [-0.25, -0.2) is 0 Å². The smallest absolute Gasteiger partial charge is 0.106 e. The van der Waals surface area contributed by atoms with Gasteiger partial charge < -0.3 is 5.11 Å². The summed E-state index contributed by atoms with van der Waals surface area (Å²) in [5.41, 5.74) is 15.3. The average molecular weight is 294 g/mol. The Balaban J connectivity index is 2.56. The summed E-state index contributed by atoms with van der Waals surface area (Å²) in [5, 5.41) is 11.1. The van der Waals surface area contributed by atoms with Crippen LogP contribution in [0.5, 0.6) is 0 Å². The van der Waals surface area contributed by atoms with Crippen molar-refractivity contribution in [2.24, 2.45) is 0 Å². The SMILES string of the molecule is Cc1c(C)c(C)c2c(c1C)-c1c(C)c(C)c(C)c(C)c1C2O. The van der Waals surface area contributed by atoms with Gasteiger partial charge in [0.2, 0.25) is 0 Å². The third-order valence-electron chi connectivity index (χ3n) is 6.27. The van der Waals surface area contributed by atoms with E-state index in [2.05, 4.69) is 55.4 Å². The molecule has 1 N–H and O–H groups in total. The number of fused-ring (bicyclic) bond motifs is 3. The zero-order chi connectivity index (χ0) is 16.5. The lowest BCUT2D eigenvalue weighted by atomic mass is 9.86. The molecule has 0 saturated carbocycles. The summed E-state index contributed by atoms with van der Waals surface area (Å²) in [6.07, 6.45) is -0.485. The molecule has 3 rings (SSSR count). The molecule has 0 atom stereocenters. The Labute approximate surface area is 134 Å². The lowest BCUT2D eigenvalue weighted by molar-refractivity contribution is 0.223.